The molecule has 0 fully saturated rings. The molecule has 2 nitrogen and oxygen atoms in total. The molecule has 1 heterocycles. The summed E-state index contributed by atoms with van der Waals surface area (Å²) in [6, 6.07) is 14.4. The fraction of sp³-hybridized carbons (Fsp3) is 0.368. The number of halogens is 1. The second-order valence-corrected chi connectivity index (χ2v) is 6.75. The van der Waals surface area contributed by atoms with Gasteiger partial charge in [-0.05, 0) is 55.5 Å². The van der Waals surface area contributed by atoms with Crippen LogP contribution in [-0.2, 0) is 13.0 Å². The molecule has 0 radical (unpaired) electrons. The summed E-state index contributed by atoms with van der Waals surface area (Å²) in [5.41, 5.74) is 3.47. The average molecular weight is 361 g/mol. The van der Waals surface area contributed by atoms with Crippen molar-refractivity contribution in [2.45, 2.75) is 38.9 Å². The maximum Gasteiger partial charge on any atom is 0.126 e. The van der Waals surface area contributed by atoms with Gasteiger partial charge in [0.2, 0.25) is 0 Å². The minimum Gasteiger partial charge on any atom is -0.489 e. The molecule has 0 unspecified atom stereocenters. The number of aryl methyl sites for hydroxylation is 2. The third kappa shape index (κ3) is 3.30. The van der Waals surface area contributed by atoms with Gasteiger partial charge in [0, 0.05) is 5.33 Å². The van der Waals surface area contributed by atoms with Gasteiger partial charge >= 0.3 is 0 Å². The van der Waals surface area contributed by atoms with Crippen molar-refractivity contribution in [3.05, 3.63) is 59.2 Å². The normalized spacial score (nSPS) is 20.1. The molecule has 2 aromatic rings. The lowest BCUT2D eigenvalue weighted by atomic mass is 9.92. The van der Waals surface area contributed by atoms with Crippen LogP contribution in [0.15, 0.2) is 42.5 Å². The van der Waals surface area contributed by atoms with E-state index in [0.717, 1.165) is 35.2 Å². The van der Waals surface area contributed by atoms with Crippen molar-refractivity contribution in [1.82, 2.24) is 0 Å². The van der Waals surface area contributed by atoms with Gasteiger partial charge in [0.25, 0.3) is 0 Å². The van der Waals surface area contributed by atoms with Gasteiger partial charge < -0.3 is 9.47 Å². The molecule has 1 atom stereocenters. The lowest BCUT2D eigenvalue weighted by Gasteiger charge is -2.35. The minimum absolute atomic E-state index is 0.107. The van der Waals surface area contributed by atoms with Crippen LogP contribution < -0.4 is 9.47 Å². The molecular formula is C19H21BrO2. The first kappa shape index (κ1) is 15.4. The largest absolute Gasteiger partial charge is 0.489 e. The topological polar surface area (TPSA) is 18.5 Å². The standard InChI is InChI=1S/C19H21BrO2/c1-14-10-17(21-12-15-6-4-3-5-7-15)11-16-8-9-19(2,13-20)22-18(14)16/h3-7,10-11H,8-9,12-13H2,1-2H3/t19-/m0/s1. The summed E-state index contributed by atoms with van der Waals surface area (Å²) >= 11 is 3.56. The summed E-state index contributed by atoms with van der Waals surface area (Å²) in [6.45, 7) is 4.84. The molecule has 0 saturated carbocycles. The molecule has 0 bridgehead atoms. The summed E-state index contributed by atoms with van der Waals surface area (Å²) in [5, 5.41) is 0.852. The smallest absolute Gasteiger partial charge is 0.126 e. The Balaban J connectivity index is 1.77. The summed E-state index contributed by atoms with van der Waals surface area (Å²) in [4.78, 5) is 0. The third-order valence-corrected chi connectivity index (χ3v) is 5.31. The predicted molar refractivity (Wildman–Crippen MR) is 93.1 cm³/mol. The zero-order valence-corrected chi connectivity index (χ0v) is 14.7. The van der Waals surface area contributed by atoms with Crippen LogP contribution in [0.25, 0.3) is 0 Å². The van der Waals surface area contributed by atoms with Crippen molar-refractivity contribution in [1.29, 1.82) is 0 Å². The van der Waals surface area contributed by atoms with Gasteiger partial charge in [-0.25, -0.2) is 0 Å². The predicted octanol–water partition coefficient (Wildman–Crippen LogP) is 5.05. The van der Waals surface area contributed by atoms with E-state index in [4.69, 9.17) is 9.47 Å². The van der Waals surface area contributed by atoms with E-state index in [0.29, 0.717) is 6.61 Å². The summed E-state index contributed by atoms with van der Waals surface area (Å²) in [7, 11) is 0. The van der Waals surface area contributed by atoms with Gasteiger partial charge in [-0.1, -0.05) is 46.3 Å². The number of hydrogen-bond acceptors (Lipinski definition) is 2. The highest BCUT2D eigenvalue weighted by atomic mass is 79.9. The van der Waals surface area contributed by atoms with Gasteiger partial charge in [-0.15, -0.1) is 0 Å². The number of hydrogen-bond donors (Lipinski definition) is 0. The Bertz CT molecular complexity index is 654. The second kappa shape index (κ2) is 6.33. The molecule has 116 valence electrons. The molecule has 0 aromatic heterocycles. The van der Waals surface area contributed by atoms with Crippen LogP contribution in [0.4, 0.5) is 0 Å². The first-order chi connectivity index (χ1) is 10.6. The first-order valence-electron chi connectivity index (χ1n) is 7.65. The lowest BCUT2D eigenvalue weighted by molar-refractivity contribution is 0.0895. The third-order valence-electron chi connectivity index (χ3n) is 4.13. The monoisotopic (exact) mass is 360 g/mol. The number of fused-ring (bicyclic) bond motifs is 1. The number of alkyl halides is 1. The van der Waals surface area contributed by atoms with Crippen LogP contribution in [0.5, 0.6) is 11.5 Å². The maximum atomic E-state index is 6.21. The van der Waals surface area contributed by atoms with Gasteiger partial charge in [0.15, 0.2) is 0 Å². The van der Waals surface area contributed by atoms with Crippen molar-refractivity contribution >= 4 is 15.9 Å². The first-order valence-corrected chi connectivity index (χ1v) is 8.77. The quantitative estimate of drug-likeness (QED) is 0.710. The highest BCUT2D eigenvalue weighted by Gasteiger charge is 2.31. The Morgan fingerprint density at radius 2 is 2.00 bits per heavy atom. The Hall–Kier alpha value is -1.48. The minimum atomic E-state index is -0.107. The Morgan fingerprint density at radius 3 is 2.73 bits per heavy atom. The van der Waals surface area contributed by atoms with E-state index < -0.39 is 0 Å². The second-order valence-electron chi connectivity index (χ2n) is 6.19. The highest BCUT2D eigenvalue weighted by Crippen LogP contribution is 2.39. The van der Waals surface area contributed by atoms with Crippen molar-refractivity contribution in [3.8, 4) is 11.5 Å². The number of rotatable bonds is 4. The van der Waals surface area contributed by atoms with E-state index in [1.54, 1.807) is 0 Å². The van der Waals surface area contributed by atoms with Gasteiger partial charge in [-0.2, -0.15) is 0 Å². The van der Waals surface area contributed by atoms with E-state index >= 15 is 0 Å². The van der Waals surface area contributed by atoms with Crippen molar-refractivity contribution in [2.24, 2.45) is 0 Å². The van der Waals surface area contributed by atoms with E-state index in [9.17, 15) is 0 Å². The van der Waals surface area contributed by atoms with Crippen molar-refractivity contribution in [2.75, 3.05) is 5.33 Å². The van der Waals surface area contributed by atoms with Crippen LogP contribution >= 0.6 is 15.9 Å². The summed E-state index contributed by atoms with van der Waals surface area (Å²) in [5.74, 6) is 1.95. The van der Waals surface area contributed by atoms with Crippen molar-refractivity contribution in [3.63, 3.8) is 0 Å². The molecule has 0 amide bonds. The fourth-order valence-electron chi connectivity index (χ4n) is 2.76. The molecular weight excluding hydrogens is 340 g/mol. The Kier molecular flexibility index (Phi) is 4.44. The van der Waals surface area contributed by atoms with Gasteiger partial charge in [-0.3, -0.25) is 0 Å². The molecule has 1 aliphatic heterocycles. The lowest BCUT2D eigenvalue weighted by Crippen LogP contribution is -2.38. The Labute approximate surface area is 140 Å². The highest BCUT2D eigenvalue weighted by molar-refractivity contribution is 9.09. The van der Waals surface area contributed by atoms with Crippen LogP contribution in [0.3, 0.4) is 0 Å². The zero-order valence-electron chi connectivity index (χ0n) is 13.1. The van der Waals surface area contributed by atoms with E-state index in [-0.39, 0.29) is 5.60 Å². The Morgan fingerprint density at radius 1 is 1.23 bits per heavy atom. The average Bonchev–Trinajstić information content (AvgIpc) is 2.55. The van der Waals surface area contributed by atoms with Gasteiger partial charge in [0.05, 0.1) is 0 Å². The molecule has 0 spiro atoms. The van der Waals surface area contributed by atoms with Crippen molar-refractivity contribution < 1.29 is 9.47 Å². The molecule has 1 aliphatic rings. The molecule has 0 aliphatic carbocycles. The van der Waals surface area contributed by atoms with E-state index in [2.05, 4.69) is 54.0 Å². The zero-order chi connectivity index (χ0) is 15.6. The molecule has 0 saturated heterocycles. The van der Waals surface area contributed by atoms with E-state index in [1.807, 2.05) is 18.2 Å². The molecule has 2 aromatic carbocycles. The molecule has 0 N–H and O–H groups in total. The number of ether oxygens (including phenoxy) is 2. The van der Waals surface area contributed by atoms with E-state index in [1.165, 1.54) is 11.1 Å². The summed E-state index contributed by atoms with van der Waals surface area (Å²) < 4.78 is 12.2. The molecule has 3 rings (SSSR count). The fourth-order valence-corrected chi connectivity index (χ4v) is 3.15. The van der Waals surface area contributed by atoms with Crippen LogP contribution in [0.2, 0.25) is 0 Å². The van der Waals surface area contributed by atoms with Crippen LogP contribution in [-0.4, -0.2) is 10.9 Å². The molecule has 3 heteroatoms. The maximum absolute atomic E-state index is 6.21. The number of benzene rings is 2. The summed E-state index contributed by atoms with van der Waals surface area (Å²) in [6.07, 6.45) is 2.05. The van der Waals surface area contributed by atoms with Crippen LogP contribution in [0, 0.1) is 6.92 Å². The van der Waals surface area contributed by atoms with Crippen LogP contribution in [0.1, 0.15) is 30.0 Å². The molecule has 22 heavy (non-hydrogen) atoms. The SMILES string of the molecule is Cc1cc(OCc2ccccc2)cc2c1O[C@](C)(CBr)CC2. The van der Waals surface area contributed by atoms with Gasteiger partial charge in [0.1, 0.15) is 23.7 Å².